The summed E-state index contributed by atoms with van der Waals surface area (Å²) in [4.78, 5) is 53.1. The molecule has 0 saturated carbocycles. The van der Waals surface area contributed by atoms with Crippen molar-refractivity contribution in [1.82, 2.24) is 21.3 Å². The van der Waals surface area contributed by atoms with Gasteiger partial charge in [0.15, 0.2) is 5.96 Å². The number of benzene rings is 3. The van der Waals surface area contributed by atoms with Gasteiger partial charge in [0.05, 0.1) is 12.2 Å². The number of hydrogen-bond acceptors (Lipinski definition) is 7. The Morgan fingerprint density at radius 2 is 1.20 bits per heavy atom. The van der Waals surface area contributed by atoms with Crippen molar-refractivity contribution in [3.8, 4) is 0 Å². The van der Waals surface area contributed by atoms with E-state index in [1.54, 1.807) is 12.1 Å². The van der Waals surface area contributed by atoms with Crippen LogP contribution in [0.15, 0.2) is 89.9 Å². The predicted molar refractivity (Wildman–Crippen MR) is 188 cm³/mol. The van der Waals surface area contributed by atoms with Crippen LogP contribution in [0, 0.1) is 0 Å². The highest BCUT2D eigenvalue weighted by atomic mass is 16.6. The second-order valence-electron chi connectivity index (χ2n) is 11.4. The molecule has 0 aromatic heterocycles. The lowest BCUT2D eigenvalue weighted by molar-refractivity contribution is -0.126. The third kappa shape index (κ3) is 17.2. The number of carbonyl (C=O) groups excluding carboxylic acids is 4. The van der Waals surface area contributed by atoms with Gasteiger partial charge in [0.25, 0.3) is 0 Å². The Balaban J connectivity index is 1.32. The Morgan fingerprint density at radius 3 is 1.80 bits per heavy atom. The van der Waals surface area contributed by atoms with Gasteiger partial charge in [0.1, 0.15) is 13.2 Å². The number of nitrogens with two attached hydrogens (primary N) is 2. The average Bonchev–Trinajstić information content (AvgIpc) is 3.10. The molecule has 3 aromatic carbocycles. The summed E-state index contributed by atoms with van der Waals surface area (Å²) in [6.07, 6.45) is 2.87. The summed E-state index contributed by atoms with van der Waals surface area (Å²) in [5, 5.41) is 11.1. The SMILES string of the molecule is NC(N)=Nc1ccc(CCCC(=O)NCC(=O)NCCCC(CCCNC(=O)OCc2ccccc2)NC(=O)OCc2ccccc2)cc1. The summed E-state index contributed by atoms with van der Waals surface area (Å²) in [6, 6.07) is 25.9. The summed E-state index contributed by atoms with van der Waals surface area (Å²) in [7, 11) is 0. The normalized spacial score (nSPS) is 11.0. The third-order valence-electron chi connectivity index (χ3n) is 7.31. The minimum Gasteiger partial charge on any atom is -0.445 e. The van der Waals surface area contributed by atoms with Crippen molar-refractivity contribution in [2.75, 3.05) is 19.6 Å². The number of nitrogens with one attached hydrogen (secondary N) is 4. The lowest BCUT2D eigenvalue weighted by atomic mass is 10.1. The second kappa shape index (κ2) is 22.1. The molecule has 1 atom stereocenters. The van der Waals surface area contributed by atoms with Crippen LogP contribution in [0.4, 0.5) is 15.3 Å². The number of alkyl carbamates (subject to hydrolysis) is 2. The number of aliphatic imine (C=N–C) groups is 1. The van der Waals surface area contributed by atoms with E-state index in [1.165, 1.54) is 0 Å². The van der Waals surface area contributed by atoms with E-state index < -0.39 is 12.2 Å². The first-order chi connectivity index (χ1) is 23.8. The molecule has 0 saturated heterocycles. The van der Waals surface area contributed by atoms with Gasteiger partial charge in [-0.1, -0.05) is 72.8 Å². The number of aryl methyl sites for hydroxylation is 1. The summed E-state index contributed by atoms with van der Waals surface area (Å²) in [6.45, 7) is 0.937. The van der Waals surface area contributed by atoms with E-state index in [1.807, 2.05) is 72.8 Å². The van der Waals surface area contributed by atoms with E-state index in [2.05, 4.69) is 26.3 Å². The van der Waals surface area contributed by atoms with Crippen molar-refractivity contribution >= 4 is 35.6 Å². The smallest absolute Gasteiger partial charge is 0.407 e. The first-order valence-corrected chi connectivity index (χ1v) is 16.4. The van der Waals surface area contributed by atoms with Gasteiger partial charge in [-0.15, -0.1) is 0 Å². The van der Waals surface area contributed by atoms with Crippen LogP contribution < -0.4 is 32.7 Å². The van der Waals surface area contributed by atoms with E-state index >= 15 is 0 Å². The fourth-order valence-electron chi connectivity index (χ4n) is 4.78. The van der Waals surface area contributed by atoms with Gasteiger partial charge >= 0.3 is 12.2 Å². The predicted octanol–water partition coefficient (Wildman–Crippen LogP) is 3.93. The third-order valence-corrected chi connectivity index (χ3v) is 7.31. The average molecular weight is 674 g/mol. The van der Waals surface area contributed by atoms with Gasteiger partial charge in [0.2, 0.25) is 11.8 Å². The lowest BCUT2D eigenvalue weighted by Gasteiger charge is -2.19. The molecule has 0 fully saturated rings. The quantitative estimate of drug-likeness (QED) is 0.0589. The maximum atomic E-state index is 12.5. The molecule has 0 aliphatic rings. The molecule has 0 aliphatic heterocycles. The molecule has 0 aliphatic carbocycles. The monoisotopic (exact) mass is 673 g/mol. The van der Waals surface area contributed by atoms with Gasteiger partial charge in [-0.25, -0.2) is 14.6 Å². The van der Waals surface area contributed by atoms with Crippen molar-refractivity contribution in [2.24, 2.45) is 16.5 Å². The zero-order valence-corrected chi connectivity index (χ0v) is 27.7. The van der Waals surface area contributed by atoms with Crippen molar-refractivity contribution in [3.05, 3.63) is 102 Å². The molecule has 3 aromatic rings. The molecule has 0 heterocycles. The van der Waals surface area contributed by atoms with Gasteiger partial charge in [-0.2, -0.15) is 0 Å². The van der Waals surface area contributed by atoms with Crippen molar-refractivity contribution in [1.29, 1.82) is 0 Å². The number of amides is 4. The molecular weight excluding hydrogens is 626 g/mol. The number of guanidine groups is 1. The number of ether oxygens (including phenoxy) is 2. The minimum absolute atomic E-state index is 0.00761. The van der Waals surface area contributed by atoms with Crippen LogP contribution in [0.2, 0.25) is 0 Å². The standard InChI is InChI=1S/C36H47N7O6/c37-34(38)42-31-20-18-27(19-21-31)14-7-17-32(44)41-24-33(45)39-22-8-15-30(43-36(47)49-26-29-12-5-2-6-13-29)16-9-23-40-35(46)48-25-28-10-3-1-4-11-28/h1-6,10-13,18-21,30H,7-9,14-17,22-26H2,(H,39,45)(H,40,46)(H,41,44)(H,43,47)(H4,37,38,42). The van der Waals surface area contributed by atoms with Crippen LogP contribution >= 0.6 is 0 Å². The van der Waals surface area contributed by atoms with E-state index in [-0.39, 0.29) is 50.0 Å². The lowest BCUT2D eigenvalue weighted by Crippen LogP contribution is -2.39. The van der Waals surface area contributed by atoms with E-state index in [0.717, 1.165) is 16.7 Å². The summed E-state index contributed by atoms with van der Waals surface area (Å²) < 4.78 is 10.6. The number of carbonyl (C=O) groups is 4. The van der Waals surface area contributed by atoms with Crippen LogP contribution in [-0.4, -0.2) is 55.6 Å². The molecule has 8 N–H and O–H groups in total. The van der Waals surface area contributed by atoms with Crippen LogP contribution in [-0.2, 0) is 38.7 Å². The van der Waals surface area contributed by atoms with Crippen molar-refractivity contribution in [2.45, 2.75) is 64.2 Å². The summed E-state index contributed by atoms with van der Waals surface area (Å²) in [5.41, 5.74) is 14.2. The molecule has 0 spiro atoms. The molecule has 262 valence electrons. The zero-order chi connectivity index (χ0) is 35.1. The van der Waals surface area contributed by atoms with Gasteiger partial charge in [0, 0.05) is 25.6 Å². The molecule has 13 heteroatoms. The zero-order valence-electron chi connectivity index (χ0n) is 27.7. The Kier molecular flexibility index (Phi) is 17.1. The minimum atomic E-state index is -0.543. The second-order valence-corrected chi connectivity index (χ2v) is 11.4. The molecule has 0 radical (unpaired) electrons. The van der Waals surface area contributed by atoms with Crippen LogP contribution in [0.3, 0.4) is 0 Å². The van der Waals surface area contributed by atoms with Crippen LogP contribution in [0.1, 0.15) is 55.2 Å². The number of hydrogen-bond donors (Lipinski definition) is 6. The van der Waals surface area contributed by atoms with E-state index in [0.29, 0.717) is 57.3 Å². The fraction of sp³-hybridized carbons (Fsp3) is 0.361. The highest BCUT2D eigenvalue weighted by molar-refractivity contribution is 5.84. The van der Waals surface area contributed by atoms with E-state index in [9.17, 15) is 19.2 Å². The summed E-state index contributed by atoms with van der Waals surface area (Å²) >= 11 is 0. The largest absolute Gasteiger partial charge is 0.445 e. The maximum Gasteiger partial charge on any atom is 0.407 e. The molecular formula is C36H47N7O6. The van der Waals surface area contributed by atoms with E-state index in [4.69, 9.17) is 20.9 Å². The first kappa shape index (κ1) is 37.9. The summed E-state index contributed by atoms with van der Waals surface area (Å²) in [5.74, 6) is -0.511. The van der Waals surface area contributed by atoms with Crippen molar-refractivity contribution in [3.63, 3.8) is 0 Å². The number of nitrogens with zero attached hydrogens (tertiary/aromatic N) is 1. The molecule has 3 rings (SSSR count). The Hall–Kier alpha value is -5.59. The highest BCUT2D eigenvalue weighted by Gasteiger charge is 2.14. The van der Waals surface area contributed by atoms with Gasteiger partial charge in [-0.05, 0) is 67.3 Å². The maximum absolute atomic E-state index is 12.5. The Morgan fingerprint density at radius 1 is 0.633 bits per heavy atom. The van der Waals surface area contributed by atoms with Gasteiger partial charge in [-0.3, -0.25) is 9.59 Å². The molecule has 13 nitrogen and oxygen atoms in total. The van der Waals surface area contributed by atoms with Gasteiger partial charge < -0.3 is 42.2 Å². The molecule has 1 unspecified atom stereocenters. The molecule has 0 bridgehead atoms. The Labute approximate surface area is 287 Å². The first-order valence-electron chi connectivity index (χ1n) is 16.4. The fourth-order valence-corrected chi connectivity index (χ4v) is 4.78. The molecule has 4 amide bonds. The Bertz CT molecular complexity index is 1470. The highest BCUT2D eigenvalue weighted by Crippen LogP contribution is 2.14. The van der Waals surface area contributed by atoms with Crippen molar-refractivity contribution < 1.29 is 28.7 Å². The number of rotatable bonds is 20. The topological polar surface area (TPSA) is 199 Å². The van der Waals surface area contributed by atoms with Crippen LogP contribution in [0.25, 0.3) is 0 Å². The molecule has 49 heavy (non-hydrogen) atoms. The van der Waals surface area contributed by atoms with Crippen LogP contribution in [0.5, 0.6) is 0 Å².